The van der Waals surface area contributed by atoms with Gasteiger partial charge in [0.05, 0.1) is 11.1 Å². The molecule has 0 aliphatic carbocycles. The van der Waals surface area contributed by atoms with Gasteiger partial charge in [0.2, 0.25) is 0 Å². The zero-order chi connectivity index (χ0) is 30.0. The summed E-state index contributed by atoms with van der Waals surface area (Å²) in [5, 5.41) is 3.20. The van der Waals surface area contributed by atoms with Gasteiger partial charge in [-0.25, -0.2) is 4.79 Å². The number of carbonyl (C=O) groups excluding carboxylic acids is 1. The van der Waals surface area contributed by atoms with E-state index >= 15 is 0 Å². The maximum absolute atomic E-state index is 13.4. The van der Waals surface area contributed by atoms with Crippen molar-refractivity contribution in [1.29, 1.82) is 0 Å². The fourth-order valence-corrected chi connectivity index (χ4v) is 5.39. The number of hydrogen-bond donors (Lipinski definition) is 1. The molecule has 4 nitrogen and oxygen atoms in total. The number of nitrogens with one attached hydrogen (secondary N) is 1. The molecule has 222 valence electrons. The van der Waals surface area contributed by atoms with E-state index in [1.54, 1.807) is 25.7 Å². The number of halogens is 6. The molecule has 3 atom stereocenters. The zero-order valence-electron chi connectivity index (χ0n) is 23.8. The summed E-state index contributed by atoms with van der Waals surface area (Å²) in [6.07, 6.45) is -8.12. The molecule has 2 aromatic rings. The summed E-state index contributed by atoms with van der Waals surface area (Å²) in [6, 6.07) is 6.87. The first-order valence-electron chi connectivity index (χ1n) is 13.5. The molecule has 1 amide bonds. The number of ether oxygens (including phenoxy) is 1. The number of rotatable bonds is 6. The van der Waals surface area contributed by atoms with E-state index in [0.29, 0.717) is 25.7 Å². The van der Waals surface area contributed by atoms with Gasteiger partial charge < -0.3 is 15.0 Å². The summed E-state index contributed by atoms with van der Waals surface area (Å²) in [6.45, 7) is 11.2. The summed E-state index contributed by atoms with van der Waals surface area (Å²) >= 11 is 0. The van der Waals surface area contributed by atoms with Crippen molar-refractivity contribution in [3.63, 3.8) is 0 Å². The van der Waals surface area contributed by atoms with E-state index in [-0.39, 0.29) is 36.3 Å². The third-order valence-electron chi connectivity index (χ3n) is 7.30. The van der Waals surface area contributed by atoms with Gasteiger partial charge in [0.15, 0.2) is 0 Å². The largest absolute Gasteiger partial charge is 0.444 e. The number of likely N-dealkylation sites (tertiary alicyclic amines) is 1. The predicted molar refractivity (Wildman–Crippen MR) is 142 cm³/mol. The molecule has 1 aliphatic heterocycles. The van der Waals surface area contributed by atoms with Gasteiger partial charge in [-0.15, -0.1) is 0 Å². The smallest absolute Gasteiger partial charge is 0.416 e. The molecule has 1 N–H and O–H groups in total. The van der Waals surface area contributed by atoms with Crippen molar-refractivity contribution in [2.75, 3.05) is 0 Å². The number of alkyl halides is 6. The number of amides is 1. The number of aryl methyl sites for hydroxylation is 2. The van der Waals surface area contributed by atoms with Crippen LogP contribution in [0.2, 0.25) is 0 Å². The van der Waals surface area contributed by atoms with Gasteiger partial charge in [-0.05, 0) is 101 Å². The van der Waals surface area contributed by atoms with Crippen molar-refractivity contribution in [3.05, 3.63) is 69.8 Å². The second-order valence-corrected chi connectivity index (χ2v) is 11.6. The lowest BCUT2D eigenvalue weighted by Crippen LogP contribution is -2.57. The lowest BCUT2D eigenvalue weighted by molar-refractivity contribution is -0.143. The van der Waals surface area contributed by atoms with E-state index in [1.807, 2.05) is 39.0 Å². The van der Waals surface area contributed by atoms with E-state index in [4.69, 9.17) is 4.74 Å². The molecular formula is C30H38F6N2O2. The van der Waals surface area contributed by atoms with Crippen molar-refractivity contribution in [2.24, 2.45) is 0 Å². The van der Waals surface area contributed by atoms with Crippen LogP contribution in [-0.4, -0.2) is 34.7 Å². The number of piperidine rings is 1. The number of hydrogen-bond acceptors (Lipinski definition) is 3. The van der Waals surface area contributed by atoms with Gasteiger partial charge in [-0.1, -0.05) is 25.1 Å². The van der Waals surface area contributed by atoms with Crippen LogP contribution in [0.25, 0.3) is 0 Å². The third kappa shape index (κ3) is 8.15. The van der Waals surface area contributed by atoms with Crippen LogP contribution in [0.1, 0.15) is 80.3 Å². The normalized spacial score (nSPS) is 20.5. The minimum Gasteiger partial charge on any atom is -0.444 e. The molecule has 0 bridgehead atoms. The Morgan fingerprint density at radius 3 is 1.93 bits per heavy atom. The van der Waals surface area contributed by atoms with Crippen LogP contribution in [-0.2, 0) is 30.1 Å². The highest BCUT2D eigenvalue weighted by Gasteiger charge is 2.41. The van der Waals surface area contributed by atoms with Crippen LogP contribution in [0, 0.1) is 13.8 Å². The summed E-state index contributed by atoms with van der Waals surface area (Å²) in [5.74, 6) is 0. The van der Waals surface area contributed by atoms with Gasteiger partial charge in [-0.2, -0.15) is 26.3 Å². The van der Waals surface area contributed by atoms with Gasteiger partial charge in [0, 0.05) is 24.7 Å². The number of nitrogens with zero attached hydrogens (tertiary/aromatic N) is 1. The third-order valence-corrected chi connectivity index (χ3v) is 7.30. The molecule has 0 saturated carbocycles. The first-order chi connectivity index (χ1) is 18.4. The molecule has 1 aliphatic rings. The molecule has 0 aromatic heterocycles. The van der Waals surface area contributed by atoms with E-state index < -0.39 is 35.2 Å². The Bertz CT molecular complexity index is 1130. The highest BCUT2D eigenvalue weighted by atomic mass is 19.4. The number of carbonyl (C=O) groups is 1. The highest BCUT2D eigenvalue weighted by Crippen LogP contribution is 2.37. The molecule has 2 aromatic carbocycles. The van der Waals surface area contributed by atoms with Crippen molar-refractivity contribution in [2.45, 2.75) is 110 Å². The molecule has 3 rings (SSSR count). The minimum atomic E-state index is -4.90. The van der Waals surface area contributed by atoms with Gasteiger partial charge in [0.25, 0.3) is 0 Å². The second kappa shape index (κ2) is 12.0. The highest BCUT2D eigenvalue weighted by molar-refractivity contribution is 5.69. The van der Waals surface area contributed by atoms with Crippen molar-refractivity contribution < 1.29 is 35.9 Å². The summed E-state index contributed by atoms with van der Waals surface area (Å²) in [5.41, 5.74) is -0.212. The monoisotopic (exact) mass is 572 g/mol. The molecule has 0 unspecified atom stereocenters. The maximum Gasteiger partial charge on any atom is 0.416 e. The predicted octanol–water partition coefficient (Wildman–Crippen LogP) is 8.22. The maximum atomic E-state index is 13.4. The van der Waals surface area contributed by atoms with E-state index in [1.165, 1.54) is 0 Å². The van der Waals surface area contributed by atoms with Crippen LogP contribution in [0.5, 0.6) is 0 Å². The quantitative estimate of drug-likeness (QED) is 0.355. The molecule has 1 heterocycles. The zero-order valence-corrected chi connectivity index (χ0v) is 23.8. The van der Waals surface area contributed by atoms with Crippen LogP contribution >= 0.6 is 0 Å². The summed E-state index contributed by atoms with van der Waals surface area (Å²) in [7, 11) is 0. The minimum absolute atomic E-state index is 0.101. The standard InChI is InChI=1S/C30H38F6N2O2/c1-7-24-14-23(37-17-20-11-21(29(31,32)33)13-22(12-20)30(34,35)36)15-25(38(24)27(39)40-28(4,5)6)16-26-18(2)9-8-10-19(26)3/h8-13,23-25,37H,7,14-17H2,1-6H3/t23-,24+,25+/m0/s1. The fourth-order valence-electron chi connectivity index (χ4n) is 5.39. The summed E-state index contributed by atoms with van der Waals surface area (Å²) in [4.78, 5) is 15.2. The van der Waals surface area contributed by atoms with Crippen molar-refractivity contribution in [3.8, 4) is 0 Å². The molecule has 1 fully saturated rings. The average molecular weight is 573 g/mol. The Balaban J connectivity index is 1.90. The lowest BCUT2D eigenvalue weighted by Gasteiger charge is -2.46. The van der Waals surface area contributed by atoms with Crippen molar-refractivity contribution in [1.82, 2.24) is 10.2 Å². The Kier molecular flexibility index (Phi) is 9.54. The molecule has 0 spiro atoms. The van der Waals surface area contributed by atoms with Crippen molar-refractivity contribution >= 4 is 6.09 Å². The Hall–Kier alpha value is -2.75. The molecule has 0 radical (unpaired) electrons. The summed E-state index contributed by atoms with van der Waals surface area (Å²) < 4.78 is 85.8. The lowest BCUT2D eigenvalue weighted by atomic mass is 9.85. The van der Waals surface area contributed by atoms with E-state index in [2.05, 4.69) is 5.32 Å². The van der Waals surface area contributed by atoms with Gasteiger partial charge in [-0.3, -0.25) is 0 Å². The Morgan fingerprint density at radius 2 is 1.45 bits per heavy atom. The Labute approximate surface area is 232 Å². The molecule has 10 heteroatoms. The van der Waals surface area contributed by atoms with E-state index in [9.17, 15) is 31.1 Å². The van der Waals surface area contributed by atoms with Gasteiger partial charge >= 0.3 is 18.4 Å². The first-order valence-corrected chi connectivity index (χ1v) is 13.5. The fraction of sp³-hybridized carbons (Fsp3) is 0.567. The van der Waals surface area contributed by atoms with Crippen LogP contribution < -0.4 is 5.32 Å². The SMILES string of the molecule is CC[C@@H]1C[C@H](NCc2cc(C(F)(F)F)cc(C(F)(F)F)c2)C[C@H](Cc2c(C)cccc2C)N1C(=O)OC(C)(C)C. The van der Waals surface area contributed by atoms with E-state index in [0.717, 1.165) is 28.8 Å². The van der Waals surface area contributed by atoms with Gasteiger partial charge in [0.1, 0.15) is 5.60 Å². The van der Waals surface area contributed by atoms with Crippen LogP contribution in [0.3, 0.4) is 0 Å². The second-order valence-electron chi connectivity index (χ2n) is 11.6. The van der Waals surface area contributed by atoms with Crippen LogP contribution in [0.4, 0.5) is 31.1 Å². The topological polar surface area (TPSA) is 41.6 Å². The number of benzene rings is 2. The Morgan fingerprint density at radius 1 is 0.925 bits per heavy atom. The molecular weight excluding hydrogens is 534 g/mol. The first kappa shape index (κ1) is 31.8. The van der Waals surface area contributed by atoms with Crippen LogP contribution in [0.15, 0.2) is 36.4 Å². The molecule has 40 heavy (non-hydrogen) atoms. The average Bonchev–Trinajstić information content (AvgIpc) is 2.82. The molecule has 1 saturated heterocycles.